The summed E-state index contributed by atoms with van der Waals surface area (Å²) in [6.07, 6.45) is 42.4. The molecule has 0 spiro atoms. The highest BCUT2D eigenvalue weighted by Crippen LogP contribution is 2.30. The molecule has 0 unspecified atom stereocenters. The van der Waals surface area contributed by atoms with Crippen LogP contribution >= 0.6 is 0 Å². The first-order valence-corrected chi connectivity index (χ1v) is 20.8. The summed E-state index contributed by atoms with van der Waals surface area (Å²) in [7, 11) is 0. The van der Waals surface area contributed by atoms with Crippen molar-refractivity contribution in [3.05, 3.63) is 59.7 Å². The lowest BCUT2D eigenvalue weighted by Gasteiger charge is -2.12. The Morgan fingerprint density at radius 3 is 0.848 bits per heavy atom. The van der Waals surface area contributed by atoms with Gasteiger partial charge in [0.25, 0.3) is 0 Å². The molecule has 3 rings (SSSR count). The zero-order chi connectivity index (χ0) is 32.3. The first kappa shape index (κ1) is 38.6. The lowest BCUT2D eigenvalue weighted by molar-refractivity contribution is 0.535. The van der Waals surface area contributed by atoms with E-state index in [0.717, 1.165) is 0 Å². The molecular weight excluding hydrogens is 553 g/mol. The molecule has 0 heterocycles. The molecule has 0 saturated heterocycles. The molecule has 0 fully saturated rings. The molecule has 0 amide bonds. The Morgan fingerprint density at radius 2 is 0.565 bits per heavy atom. The minimum absolute atomic E-state index is 1.22. The highest BCUT2D eigenvalue weighted by molar-refractivity contribution is 6.00. The molecule has 0 bridgehead atoms. The molecule has 0 aliphatic carbocycles. The molecule has 3 aromatic rings. The van der Waals surface area contributed by atoms with Gasteiger partial charge in [-0.25, -0.2) is 0 Å². The number of benzene rings is 3. The van der Waals surface area contributed by atoms with E-state index in [1.807, 2.05) is 0 Å². The summed E-state index contributed by atoms with van der Waals surface area (Å²) in [6.45, 7) is 4.61. The van der Waals surface area contributed by atoms with Crippen molar-refractivity contribution >= 4 is 21.5 Å². The second-order valence-corrected chi connectivity index (χ2v) is 14.8. The van der Waals surface area contributed by atoms with Gasteiger partial charge in [0, 0.05) is 0 Å². The van der Waals surface area contributed by atoms with Crippen molar-refractivity contribution in [3.8, 4) is 0 Å². The molecule has 258 valence electrons. The van der Waals surface area contributed by atoms with Gasteiger partial charge in [0.05, 0.1) is 0 Å². The van der Waals surface area contributed by atoms with Gasteiger partial charge in [-0.3, -0.25) is 0 Å². The Labute approximate surface area is 286 Å². The Bertz CT molecular complexity index is 1050. The molecule has 0 aliphatic rings. The number of fused-ring (bicyclic) bond motifs is 2. The second kappa shape index (κ2) is 26.2. The van der Waals surface area contributed by atoms with Gasteiger partial charge in [-0.2, -0.15) is 0 Å². The quantitative estimate of drug-likeness (QED) is 0.0510. The maximum Gasteiger partial charge on any atom is -0.0146 e. The lowest BCUT2D eigenvalue weighted by Crippen LogP contribution is -1.92. The van der Waals surface area contributed by atoms with E-state index < -0.39 is 0 Å². The van der Waals surface area contributed by atoms with Gasteiger partial charge >= 0.3 is 0 Å². The van der Waals surface area contributed by atoms with E-state index >= 15 is 0 Å². The SMILES string of the molecule is CCCCCCCCCCCCCCCCc1cccc2cc3c(CCCCCCCCCCCCCCCC)cccc3cc12. The van der Waals surface area contributed by atoms with Crippen LogP contribution in [-0.4, -0.2) is 0 Å². The average Bonchev–Trinajstić information content (AvgIpc) is 3.08. The van der Waals surface area contributed by atoms with Crippen LogP contribution in [0.2, 0.25) is 0 Å². The predicted octanol–water partition coefficient (Wildman–Crippen LogP) is 16.0. The van der Waals surface area contributed by atoms with Crippen LogP contribution in [0.5, 0.6) is 0 Å². The van der Waals surface area contributed by atoms with Gasteiger partial charge in [-0.1, -0.05) is 217 Å². The Balaban J connectivity index is 1.29. The third-order valence-electron chi connectivity index (χ3n) is 10.7. The molecule has 0 aliphatic heterocycles. The van der Waals surface area contributed by atoms with Crippen molar-refractivity contribution in [1.82, 2.24) is 0 Å². The maximum absolute atomic E-state index is 2.50. The van der Waals surface area contributed by atoms with Gasteiger partial charge in [-0.05, 0) is 70.5 Å². The van der Waals surface area contributed by atoms with Crippen molar-refractivity contribution in [2.24, 2.45) is 0 Å². The van der Waals surface area contributed by atoms with E-state index in [0.29, 0.717) is 0 Å². The first-order valence-electron chi connectivity index (χ1n) is 20.8. The van der Waals surface area contributed by atoms with Gasteiger partial charge in [0.15, 0.2) is 0 Å². The standard InChI is InChI=1S/C46H74/c1-3-5-7-9-11-13-15-17-19-21-23-25-27-29-33-41-35-31-37-43-40-46-42(36-32-38-44(46)39-45(41)43)34-30-28-26-24-22-20-18-16-14-12-10-8-6-4-2/h31-32,35-40H,3-30,33-34H2,1-2H3. The Hall–Kier alpha value is -1.82. The lowest BCUT2D eigenvalue weighted by atomic mass is 9.93. The van der Waals surface area contributed by atoms with Crippen LogP contribution in [-0.2, 0) is 12.8 Å². The highest BCUT2D eigenvalue weighted by atomic mass is 14.1. The van der Waals surface area contributed by atoms with Crippen LogP contribution in [0.1, 0.15) is 205 Å². The van der Waals surface area contributed by atoms with Crippen LogP contribution < -0.4 is 0 Å². The predicted molar refractivity (Wildman–Crippen MR) is 209 cm³/mol. The summed E-state index contributed by atoms with van der Waals surface area (Å²) in [5, 5.41) is 5.84. The second-order valence-electron chi connectivity index (χ2n) is 14.8. The van der Waals surface area contributed by atoms with Crippen LogP contribution in [0.25, 0.3) is 21.5 Å². The van der Waals surface area contributed by atoms with Crippen molar-refractivity contribution in [1.29, 1.82) is 0 Å². The molecule has 0 saturated carbocycles. The topological polar surface area (TPSA) is 0 Å². The van der Waals surface area contributed by atoms with Gasteiger partial charge in [-0.15, -0.1) is 0 Å². The molecule has 46 heavy (non-hydrogen) atoms. The summed E-state index contributed by atoms with van der Waals surface area (Å²) < 4.78 is 0. The zero-order valence-corrected chi connectivity index (χ0v) is 30.8. The third kappa shape index (κ3) is 16.3. The number of unbranched alkanes of at least 4 members (excludes halogenated alkanes) is 26. The third-order valence-corrected chi connectivity index (χ3v) is 10.7. The molecule has 3 aromatic carbocycles. The van der Waals surface area contributed by atoms with E-state index in [-0.39, 0.29) is 0 Å². The zero-order valence-electron chi connectivity index (χ0n) is 30.8. The van der Waals surface area contributed by atoms with Gasteiger partial charge in [0.2, 0.25) is 0 Å². The van der Waals surface area contributed by atoms with E-state index in [1.165, 1.54) is 214 Å². The van der Waals surface area contributed by atoms with E-state index in [2.05, 4.69) is 62.4 Å². The number of aryl methyl sites for hydroxylation is 2. The highest BCUT2D eigenvalue weighted by Gasteiger charge is 2.07. The Morgan fingerprint density at radius 1 is 0.304 bits per heavy atom. The van der Waals surface area contributed by atoms with Crippen molar-refractivity contribution in [2.45, 2.75) is 206 Å². The smallest absolute Gasteiger partial charge is 0.0146 e. The van der Waals surface area contributed by atoms with Crippen LogP contribution in [0, 0.1) is 0 Å². The van der Waals surface area contributed by atoms with Gasteiger partial charge < -0.3 is 0 Å². The summed E-state index contributed by atoms with van der Waals surface area (Å²) in [5.74, 6) is 0. The summed E-state index contributed by atoms with van der Waals surface area (Å²) in [6, 6.07) is 19.0. The normalized spacial score (nSPS) is 11.7. The summed E-state index contributed by atoms with van der Waals surface area (Å²) in [5.41, 5.74) is 3.10. The van der Waals surface area contributed by atoms with Crippen LogP contribution in [0.4, 0.5) is 0 Å². The molecule has 0 nitrogen and oxygen atoms in total. The van der Waals surface area contributed by atoms with E-state index in [1.54, 1.807) is 11.1 Å². The number of rotatable bonds is 30. The van der Waals surface area contributed by atoms with E-state index in [4.69, 9.17) is 0 Å². The molecular formula is C46H74. The monoisotopic (exact) mass is 627 g/mol. The van der Waals surface area contributed by atoms with Gasteiger partial charge in [0.1, 0.15) is 0 Å². The number of hydrogen-bond donors (Lipinski definition) is 0. The Kier molecular flexibility index (Phi) is 22.0. The number of hydrogen-bond acceptors (Lipinski definition) is 0. The minimum atomic E-state index is 1.22. The largest absolute Gasteiger partial charge is 0.0654 e. The molecule has 0 radical (unpaired) electrons. The first-order chi connectivity index (χ1) is 22.8. The maximum atomic E-state index is 2.50. The van der Waals surface area contributed by atoms with Crippen LogP contribution in [0.15, 0.2) is 48.5 Å². The van der Waals surface area contributed by atoms with Crippen LogP contribution in [0.3, 0.4) is 0 Å². The van der Waals surface area contributed by atoms with E-state index in [9.17, 15) is 0 Å². The van der Waals surface area contributed by atoms with Crippen molar-refractivity contribution in [3.63, 3.8) is 0 Å². The average molecular weight is 627 g/mol. The fourth-order valence-electron chi connectivity index (χ4n) is 7.64. The molecule has 0 atom stereocenters. The van der Waals surface area contributed by atoms with Crippen molar-refractivity contribution in [2.75, 3.05) is 0 Å². The minimum Gasteiger partial charge on any atom is -0.0654 e. The van der Waals surface area contributed by atoms with Crippen molar-refractivity contribution < 1.29 is 0 Å². The molecule has 0 heteroatoms. The summed E-state index contributed by atoms with van der Waals surface area (Å²) >= 11 is 0. The summed E-state index contributed by atoms with van der Waals surface area (Å²) in [4.78, 5) is 0. The molecule has 0 aromatic heterocycles. The fourth-order valence-corrected chi connectivity index (χ4v) is 7.64. The fraction of sp³-hybridized carbons (Fsp3) is 0.696. The molecule has 0 N–H and O–H groups in total.